The van der Waals surface area contributed by atoms with Crippen LogP contribution in [0.4, 0.5) is 22.2 Å². The molecule has 10 nitrogen and oxygen atoms in total. The molecule has 3 rings (SSSR count). The van der Waals surface area contributed by atoms with Gasteiger partial charge in [0.05, 0.1) is 12.3 Å². The van der Waals surface area contributed by atoms with Crippen molar-refractivity contribution in [1.82, 2.24) is 10.2 Å². The summed E-state index contributed by atoms with van der Waals surface area (Å²) >= 11 is 0.971. The molecule has 0 radical (unpaired) electrons. The number of azo groups is 1. The van der Waals surface area contributed by atoms with Crippen molar-refractivity contribution in [3.63, 3.8) is 0 Å². The molecule has 0 spiro atoms. The maximum absolute atomic E-state index is 12.0. The molecule has 2 heterocycles. The predicted molar refractivity (Wildman–Crippen MR) is 130 cm³/mol. The summed E-state index contributed by atoms with van der Waals surface area (Å²) in [6, 6.07) is 4.07. The average Bonchev–Trinajstić information content (AvgIpc) is 3.26. The van der Waals surface area contributed by atoms with E-state index in [0.29, 0.717) is 24.0 Å². The molecule has 0 aliphatic carbocycles. The van der Waals surface area contributed by atoms with Gasteiger partial charge in [-0.2, -0.15) is 0 Å². The topological polar surface area (TPSA) is 126 Å². The Hall–Kier alpha value is -2.60. The first-order valence-corrected chi connectivity index (χ1v) is 13.2. The van der Waals surface area contributed by atoms with Crippen LogP contribution in [0, 0.1) is 0 Å². The van der Waals surface area contributed by atoms with Crippen molar-refractivity contribution >= 4 is 50.4 Å². The molecule has 33 heavy (non-hydrogen) atoms. The van der Waals surface area contributed by atoms with Crippen LogP contribution in [0.1, 0.15) is 68.2 Å². The Bertz CT molecular complexity index is 1060. The van der Waals surface area contributed by atoms with Crippen LogP contribution >= 0.6 is 11.3 Å². The van der Waals surface area contributed by atoms with Gasteiger partial charge in [0.15, 0.2) is 0 Å². The molecule has 180 valence electrons. The zero-order valence-corrected chi connectivity index (χ0v) is 20.8. The molecular weight excluding hydrogens is 464 g/mol. The van der Waals surface area contributed by atoms with E-state index in [4.69, 9.17) is 4.74 Å². The SMILES string of the molecule is CCCCOC(=O)c1nnc(N=Nc2cc3c(cc2N[SH](=O)=O)N(CCCC)C(C)CC3)s1. The zero-order chi connectivity index (χ0) is 23.8. The summed E-state index contributed by atoms with van der Waals surface area (Å²) in [5.41, 5.74) is 2.86. The van der Waals surface area contributed by atoms with Crippen molar-refractivity contribution in [3.05, 3.63) is 22.7 Å². The minimum atomic E-state index is -2.88. The van der Waals surface area contributed by atoms with Crippen LogP contribution in [-0.2, 0) is 22.0 Å². The van der Waals surface area contributed by atoms with Crippen LogP contribution in [0.15, 0.2) is 22.4 Å². The van der Waals surface area contributed by atoms with Crippen molar-refractivity contribution in [2.75, 3.05) is 22.8 Å². The predicted octanol–water partition coefficient (Wildman–Crippen LogP) is 4.79. The quantitative estimate of drug-likeness (QED) is 0.199. The number of unbranched alkanes of at least 4 members (excludes halogenated alkanes) is 2. The summed E-state index contributed by atoms with van der Waals surface area (Å²) in [6.07, 6.45) is 5.72. The van der Waals surface area contributed by atoms with E-state index in [1.54, 1.807) is 0 Å². The Morgan fingerprint density at radius 1 is 1.24 bits per heavy atom. The monoisotopic (exact) mass is 494 g/mol. The highest BCUT2D eigenvalue weighted by Crippen LogP contribution is 2.39. The number of aryl methyl sites for hydroxylation is 1. The second kappa shape index (κ2) is 12.0. The minimum absolute atomic E-state index is 0.104. The summed E-state index contributed by atoms with van der Waals surface area (Å²) in [5.74, 6) is -0.539. The van der Waals surface area contributed by atoms with E-state index in [9.17, 15) is 13.2 Å². The standard InChI is InChI=1S/C21H30N6O4S2/c1-4-6-10-27-14(3)8-9-15-12-16(17(13-18(15)27)26-33(29)30)22-24-21-25-23-19(32-21)20(28)31-11-7-5-2/h12-14,33H,4-11H2,1-3H3,(H,26,29,30). The van der Waals surface area contributed by atoms with Crippen LogP contribution in [-0.4, -0.2) is 43.8 Å². The molecule has 1 aliphatic heterocycles. The Morgan fingerprint density at radius 3 is 2.76 bits per heavy atom. The highest BCUT2D eigenvalue weighted by Gasteiger charge is 2.24. The van der Waals surface area contributed by atoms with E-state index in [1.807, 2.05) is 19.1 Å². The number of carbonyl (C=O) groups is 1. The molecular formula is C21H30N6O4S2. The molecule has 1 N–H and O–H groups in total. The lowest BCUT2D eigenvalue weighted by molar-refractivity contribution is 0.0498. The van der Waals surface area contributed by atoms with Crippen LogP contribution in [0.3, 0.4) is 0 Å². The van der Waals surface area contributed by atoms with Gasteiger partial charge in [-0.25, -0.2) is 13.2 Å². The first-order chi connectivity index (χ1) is 15.9. The molecule has 0 fully saturated rings. The summed E-state index contributed by atoms with van der Waals surface area (Å²) in [7, 11) is -2.88. The van der Waals surface area contributed by atoms with Gasteiger partial charge in [0.25, 0.3) is 5.13 Å². The molecule has 1 atom stereocenters. The van der Waals surface area contributed by atoms with Gasteiger partial charge in [0.2, 0.25) is 15.9 Å². The number of hydrogen-bond donors (Lipinski definition) is 2. The van der Waals surface area contributed by atoms with E-state index in [-0.39, 0.29) is 10.1 Å². The lowest BCUT2D eigenvalue weighted by Gasteiger charge is -2.37. The lowest BCUT2D eigenvalue weighted by Crippen LogP contribution is -2.38. The van der Waals surface area contributed by atoms with Gasteiger partial charge in [-0.1, -0.05) is 38.0 Å². The smallest absolute Gasteiger partial charge is 0.369 e. The summed E-state index contributed by atoms with van der Waals surface area (Å²) in [4.78, 5) is 14.3. The third kappa shape index (κ3) is 6.70. The average molecular weight is 495 g/mol. The number of rotatable bonds is 11. The maximum atomic E-state index is 12.0. The third-order valence-corrected chi connectivity index (χ3v) is 6.61. The minimum Gasteiger partial charge on any atom is -0.460 e. The van der Waals surface area contributed by atoms with E-state index in [2.05, 4.69) is 43.9 Å². The number of fused-ring (bicyclic) bond motifs is 1. The molecule has 2 aromatic rings. The van der Waals surface area contributed by atoms with Crippen molar-refractivity contribution in [3.8, 4) is 0 Å². The van der Waals surface area contributed by atoms with Gasteiger partial charge in [-0.3, -0.25) is 4.72 Å². The van der Waals surface area contributed by atoms with Gasteiger partial charge < -0.3 is 9.64 Å². The lowest BCUT2D eigenvalue weighted by atomic mass is 9.95. The van der Waals surface area contributed by atoms with Crippen molar-refractivity contribution in [1.29, 1.82) is 0 Å². The van der Waals surface area contributed by atoms with Gasteiger partial charge >= 0.3 is 5.97 Å². The molecule has 1 unspecified atom stereocenters. The first kappa shape index (κ1) is 25.0. The van der Waals surface area contributed by atoms with Gasteiger partial charge in [-0.05, 0) is 50.3 Å². The fraction of sp³-hybridized carbons (Fsp3) is 0.571. The van der Waals surface area contributed by atoms with Crippen LogP contribution < -0.4 is 9.62 Å². The van der Waals surface area contributed by atoms with Crippen LogP contribution in [0.5, 0.6) is 0 Å². The molecule has 0 bridgehead atoms. The van der Waals surface area contributed by atoms with Crippen LogP contribution in [0.25, 0.3) is 0 Å². The molecule has 0 saturated carbocycles. The fourth-order valence-corrected chi connectivity index (χ4v) is 4.53. The number of esters is 1. The fourth-order valence-electron chi connectivity index (χ4n) is 3.59. The van der Waals surface area contributed by atoms with E-state index < -0.39 is 16.9 Å². The van der Waals surface area contributed by atoms with Gasteiger partial charge in [-0.15, -0.1) is 20.4 Å². The molecule has 0 saturated heterocycles. The van der Waals surface area contributed by atoms with E-state index in [1.165, 1.54) is 0 Å². The number of carbonyl (C=O) groups excluding carboxylic acids is 1. The number of nitrogens with zero attached hydrogens (tertiary/aromatic N) is 5. The molecule has 1 aromatic heterocycles. The second-order valence-corrected chi connectivity index (χ2v) is 9.57. The van der Waals surface area contributed by atoms with E-state index in [0.717, 1.165) is 67.7 Å². The Balaban J connectivity index is 1.85. The summed E-state index contributed by atoms with van der Waals surface area (Å²) in [6.45, 7) is 7.59. The van der Waals surface area contributed by atoms with Crippen molar-refractivity contribution in [2.45, 2.75) is 65.3 Å². The highest BCUT2D eigenvalue weighted by molar-refractivity contribution is 7.73. The van der Waals surface area contributed by atoms with Gasteiger partial charge in [0.1, 0.15) is 5.69 Å². The number of anilines is 2. The molecule has 0 amide bonds. The normalized spacial score (nSPS) is 15.8. The Morgan fingerprint density at radius 2 is 2.03 bits per heavy atom. The molecule has 1 aliphatic rings. The van der Waals surface area contributed by atoms with Crippen LogP contribution in [0.2, 0.25) is 0 Å². The zero-order valence-electron chi connectivity index (χ0n) is 19.1. The second-order valence-electron chi connectivity index (χ2n) is 7.88. The molecule has 1 aromatic carbocycles. The number of hydrogen-bond acceptors (Lipinski definition) is 10. The summed E-state index contributed by atoms with van der Waals surface area (Å²) < 4.78 is 30.5. The van der Waals surface area contributed by atoms with E-state index >= 15 is 0 Å². The maximum Gasteiger partial charge on any atom is 0.369 e. The Kier molecular flexibility index (Phi) is 9.12. The number of benzene rings is 1. The summed E-state index contributed by atoms with van der Waals surface area (Å²) in [5, 5.41) is 16.3. The largest absolute Gasteiger partial charge is 0.460 e. The Labute approximate surface area is 199 Å². The third-order valence-electron chi connectivity index (χ3n) is 5.40. The highest BCUT2D eigenvalue weighted by atomic mass is 32.2. The number of ether oxygens (including phenoxy) is 1. The van der Waals surface area contributed by atoms with Gasteiger partial charge in [0, 0.05) is 18.3 Å². The first-order valence-electron chi connectivity index (χ1n) is 11.2. The number of aromatic nitrogens is 2. The van der Waals surface area contributed by atoms with Crippen molar-refractivity contribution in [2.24, 2.45) is 10.2 Å². The van der Waals surface area contributed by atoms with Crippen molar-refractivity contribution < 1.29 is 17.9 Å². The molecule has 12 heteroatoms. The number of thiol groups is 1. The number of nitrogens with one attached hydrogen (secondary N) is 1.